The molecule has 0 N–H and O–H groups in total. The number of rotatable bonds is 25. The summed E-state index contributed by atoms with van der Waals surface area (Å²) in [5.74, 6) is -0.370. The second-order valence-corrected chi connectivity index (χ2v) is 32.0. The number of hydrogen-bond acceptors (Lipinski definition) is 25. The van der Waals surface area contributed by atoms with Crippen molar-refractivity contribution in [1.29, 1.82) is 5.26 Å². The van der Waals surface area contributed by atoms with E-state index in [0.717, 1.165) is 32.5 Å². The Labute approximate surface area is 680 Å². The van der Waals surface area contributed by atoms with Gasteiger partial charge in [-0.25, -0.2) is 13.8 Å². The summed E-state index contributed by atoms with van der Waals surface area (Å²) in [5.41, 5.74) is 7.41. The highest BCUT2D eigenvalue weighted by atomic mass is 79.9. The van der Waals surface area contributed by atoms with E-state index in [1.807, 2.05) is 148 Å². The molecule has 12 rings (SSSR count). The molecule has 30 heteroatoms. The van der Waals surface area contributed by atoms with Crippen molar-refractivity contribution in [3.8, 4) is 11.8 Å². The van der Waals surface area contributed by atoms with Gasteiger partial charge in [0.2, 0.25) is 0 Å². The first kappa shape index (κ1) is 87.1. The number of methoxy groups -OCH3 is 1. The van der Waals surface area contributed by atoms with E-state index in [4.69, 9.17) is 32.5 Å². The second-order valence-electron chi connectivity index (χ2n) is 23.5. The van der Waals surface area contributed by atoms with Crippen molar-refractivity contribution >= 4 is 126 Å². The van der Waals surface area contributed by atoms with Gasteiger partial charge in [0.25, 0.3) is 11.1 Å². The molecule has 0 bridgehead atoms. The molecule has 12 aromatic rings. The van der Waals surface area contributed by atoms with Crippen LogP contribution >= 0.6 is 38.6 Å². The van der Waals surface area contributed by atoms with Gasteiger partial charge in [0.1, 0.15) is 47.7 Å². The monoisotopic (exact) mass is 1710 g/mol. The minimum Gasteiger partial charge on any atom is -0.497 e. The Morgan fingerprint density at radius 3 is 1.21 bits per heavy atom. The molecule has 2 heterocycles. The smallest absolute Gasteiger partial charge is 0.375 e. The van der Waals surface area contributed by atoms with Gasteiger partial charge in [-0.2, -0.15) is 30.5 Å². The summed E-state index contributed by atoms with van der Waals surface area (Å²) in [7, 11) is -10.2. The van der Waals surface area contributed by atoms with Crippen LogP contribution in [-0.4, -0.2) is 82.8 Å². The number of carbonyl (C=O) groups is 2. The lowest BCUT2D eigenvalue weighted by molar-refractivity contribution is 0.0508. The number of nitrogens with zero attached hydrogens (tertiary/aromatic N) is 7. The van der Waals surface area contributed by atoms with E-state index < -0.39 is 53.4 Å². The van der Waals surface area contributed by atoms with Crippen LogP contribution in [0.3, 0.4) is 0 Å². The van der Waals surface area contributed by atoms with E-state index in [0.29, 0.717) is 48.5 Å². The molecule has 0 saturated carbocycles. The molecular weight excluding hydrogens is 1640 g/mol. The number of ether oxygens (including phenoxy) is 1. The number of thiophene rings is 2. The highest BCUT2D eigenvalue weighted by Gasteiger charge is 2.23. The molecule has 1 atom stereocenters. The zero-order valence-electron chi connectivity index (χ0n) is 61.7. The van der Waals surface area contributed by atoms with Crippen LogP contribution in [-0.2, 0) is 68.2 Å². The van der Waals surface area contributed by atoms with Crippen LogP contribution in [0.15, 0.2) is 375 Å². The first-order chi connectivity index (χ1) is 54.9. The third-order valence-electron chi connectivity index (χ3n) is 15.0. The molecule has 0 fully saturated rings. The van der Waals surface area contributed by atoms with Crippen molar-refractivity contribution in [2.24, 2.45) is 36.9 Å². The predicted molar refractivity (Wildman–Crippen MR) is 446 cm³/mol. The van der Waals surface area contributed by atoms with Crippen LogP contribution in [0, 0.1) is 24.2 Å². The summed E-state index contributed by atoms with van der Waals surface area (Å²) in [5, 5.41) is 35.7. The van der Waals surface area contributed by atoms with Gasteiger partial charge < -0.3 is 14.4 Å². The van der Waals surface area contributed by atoms with Crippen molar-refractivity contribution in [2.75, 3.05) is 7.11 Å². The molecule has 0 aliphatic heterocycles. The highest BCUT2D eigenvalue weighted by molar-refractivity contribution is 9.10. The number of aryl methyl sites for hydroxylation is 1. The first-order valence-electron chi connectivity index (χ1n) is 34.0. The predicted octanol–water partition coefficient (Wildman–Crippen LogP) is 18.4. The van der Waals surface area contributed by atoms with Crippen LogP contribution in [0.5, 0.6) is 5.75 Å². The molecule has 582 valence electrons. The summed E-state index contributed by atoms with van der Waals surface area (Å²) in [6.45, 7) is 9.24. The average Bonchev–Trinajstić information content (AvgIpc) is 1.06. The van der Waals surface area contributed by atoms with Gasteiger partial charge in [0, 0.05) is 21.2 Å². The van der Waals surface area contributed by atoms with Gasteiger partial charge in [-0.05, 0) is 151 Å². The van der Waals surface area contributed by atoms with E-state index in [9.17, 15) is 39.1 Å². The molecule has 0 amide bonds. The minimum absolute atomic E-state index is 0.0194. The van der Waals surface area contributed by atoms with Gasteiger partial charge in [-0.3, -0.25) is 17.1 Å². The van der Waals surface area contributed by atoms with E-state index in [-0.39, 0.29) is 37.7 Å². The molecule has 1 unspecified atom stereocenters. The fraction of sp³-hybridized carbons (Fsp3) is 0.0833. The van der Waals surface area contributed by atoms with Gasteiger partial charge in [0.15, 0.2) is 5.71 Å². The van der Waals surface area contributed by atoms with E-state index in [2.05, 4.69) is 51.1 Å². The number of oxime groups is 6. The molecular formula is C84H72BrN7O16S6. The third kappa shape index (κ3) is 27.8. The van der Waals surface area contributed by atoms with E-state index in [1.54, 1.807) is 183 Å². The molecule has 10 aromatic carbocycles. The topological polar surface area (TPSA) is 316 Å². The summed E-state index contributed by atoms with van der Waals surface area (Å²) in [4.78, 5) is 36.8. The second kappa shape index (κ2) is 44.5. The molecule has 114 heavy (non-hydrogen) atoms. The normalized spacial score (nSPS) is 12.1. The average molecular weight is 1710 g/mol. The number of hydrogen-bond donors (Lipinski definition) is 0. The maximum Gasteiger partial charge on any atom is 0.375 e. The summed E-state index contributed by atoms with van der Waals surface area (Å²) >= 11 is 4.17. The van der Waals surface area contributed by atoms with Crippen molar-refractivity contribution in [1.82, 2.24) is 0 Å². The lowest BCUT2D eigenvalue weighted by Crippen LogP contribution is -2.20. The van der Waals surface area contributed by atoms with Crippen LogP contribution in [0.1, 0.15) is 86.0 Å². The number of carbonyl (C=O) groups excluding carboxylic acids is 2. The van der Waals surface area contributed by atoms with Crippen molar-refractivity contribution in [3.63, 3.8) is 0 Å². The fourth-order valence-corrected chi connectivity index (χ4v) is 13.5. The first-order valence-corrected chi connectivity index (χ1v) is 41.9. The quantitative estimate of drug-likeness (QED) is 0.0291. The Morgan fingerprint density at radius 2 is 0.789 bits per heavy atom. The highest BCUT2D eigenvalue weighted by Crippen LogP contribution is 2.22. The third-order valence-corrected chi connectivity index (χ3v) is 21.5. The van der Waals surface area contributed by atoms with Gasteiger partial charge in [0.05, 0.1) is 29.1 Å². The minimum atomic E-state index is -4.01. The summed E-state index contributed by atoms with van der Waals surface area (Å²) in [6, 6.07) is 90.5. The van der Waals surface area contributed by atoms with Gasteiger partial charge in [-0.1, -0.05) is 279 Å². The van der Waals surface area contributed by atoms with Gasteiger partial charge in [-0.15, -0.1) is 22.7 Å². The molecule has 23 nitrogen and oxygen atoms in total. The molecule has 0 saturated heterocycles. The Balaban J connectivity index is 0.000000181. The molecule has 0 radical (unpaired) electrons. The Hall–Kier alpha value is -12.5. The maximum absolute atomic E-state index is 12.4. The number of benzene rings is 10. The Morgan fingerprint density at radius 1 is 0.421 bits per heavy atom. The van der Waals surface area contributed by atoms with Crippen LogP contribution in [0.2, 0.25) is 0 Å². The van der Waals surface area contributed by atoms with Crippen molar-refractivity contribution < 1.29 is 70.6 Å². The molecule has 0 aliphatic carbocycles. The van der Waals surface area contributed by atoms with Crippen LogP contribution in [0.4, 0.5) is 0 Å². The van der Waals surface area contributed by atoms with Gasteiger partial charge >= 0.3 is 42.3 Å². The van der Waals surface area contributed by atoms with Crippen LogP contribution < -0.4 is 4.74 Å². The molecule has 2 aromatic heterocycles. The summed E-state index contributed by atoms with van der Waals surface area (Å²) in [6.07, 6.45) is 0. The zero-order valence-corrected chi connectivity index (χ0v) is 68.2. The molecule has 0 aliphatic rings. The van der Waals surface area contributed by atoms with Crippen molar-refractivity contribution in [2.45, 2.75) is 54.2 Å². The Bertz CT molecular complexity index is 5580. The zero-order chi connectivity index (χ0) is 81.7. The van der Waals surface area contributed by atoms with E-state index in [1.165, 1.54) is 59.1 Å². The largest absolute Gasteiger partial charge is 0.497 e. The number of nitriles is 1. The maximum atomic E-state index is 12.4. The fourth-order valence-electron chi connectivity index (χ4n) is 9.13. The lowest BCUT2D eigenvalue weighted by atomic mass is 10.00. The Kier molecular flexibility index (Phi) is 34.0. The lowest BCUT2D eigenvalue weighted by Gasteiger charge is -2.10. The van der Waals surface area contributed by atoms with Crippen LogP contribution in [0.25, 0.3) is 0 Å². The summed E-state index contributed by atoms with van der Waals surface area (Å²) < 4.78 is 109. The van der Waals surface area contributed by atoms with E-state index >= 15 is 0 Å². The molecule has 0 spiro atoms. The standard InChI is InChI=1S/C24H16N2O4S2.C16H16BrNO3S.2C15H15NO3S.C14H10N2O3S/c27-23(19-13-7-15-31-19)29-25-21(17-9-3-1-4-10-17)22(18-11-5-2-6-12-18)26-30-24(28)20-14-8-16-32-20;1-12(2)16(13-6-4-3-5-7-13)18-21-22(19,20)15-10-8-14(17)9-11-15;1-12(13-8-10-14(18-2)11-9-13)16-19-20(17)15-6-4-3-5-7-15;1-12-8-10-15(11-9-12)20(17,18)19-16-13(2)14-6-4-3-5-7-14;15-11-14(12-7-3-1-4-8-12)16-19-20(17,18)13-9-5-2-6-10-13/h1-16H;3-12H,1-2H3;2*3-11H,1-2H3;1-10H/b25-21-,26-22-;18-16+;16-12+;16-13+;16-14+. The SMILES string of the molecule is C/C(=N\OS(=O)(=O)c1ccc(C)cc1)c1ccccc1.CC(C)/C(=N\OS(=O)(=O)c1ccc(Br)cc1)c1ccccc1.COc1ccc(/C(C)=N/OS(=O)c2ccccc2)cc1.N#C/C(=N\OS(=O)(=O)c1ccccc1)c1ccccc1.O=C(O/N=C(\C(=N/OC(=O)c1cccs1)c1ccccc1)c1ccccc1)c1cccs1. The van der Waals surface area contributed by atoms with Crippen molar-refractivity contribution in [3.05, 3.63) is 373 Å². The number of halogens is 1.